The topological polar surface area (TPSA) is 110 Å². The van der Waals surface area contributed by atoms with Crippen molar-refractivity contribution < 1.29 is 14.3 Å². The Balaban J connectivity index is 1.72. The van der Waals surface area contributed by atoms with Gasteiger partial charge in [0.1, 0.15) is 15.8 Å². The van der Waals surface area contributed by atoms with E-state index in [1.54, 1.807) is 31.5 Å². The molecule has 0 spiro atoms. The van der Waals surface area contributed by atoms with Gasteiger partial charge in [0.25, 0.3) is 11.5 Å². The van der Waals surface area contributed by atoms with Gasteiger partial charge in [-0.2, -0.15) is 0 Å². The highest BCUT2D eigenvalue weighted by molar-refractivity contribution is 8.26. The summed E-state index contributed by atoms with van der Waals surface area (Å²) in [5.41, 5.74) is 6.05. The molecule has 4 heterocycles. The van der Waals surface area contributed by atoms with E-state index < -0.39 is 0 Å². The number of hydrogen-bond acceptors (Lipinski definition) is 8. The zero-order valence-electron chi connectivity index (χ0n) is 18.2. The molecule has 174 valence electrons. The maximum Gasteiger partial charge on any atom is 0.267 e. The van der Waals surface area contributed by atoms with Crippen molar-refractivity contribution in [2.45, 2.75) is 19.3 Å². The molecule has 2 aliphatic rings. The van der Waals surface area contributed by atoms with Crippen LogP contribution in [0.15, 0.2) is 34.1 Å². The first kappa shape index (κ1) is 23.4. The first-order chi connectivity index (χ1) is 15.9. The van der Waals surface area contributed by atoms with Crippen LogP contribution in [-0.2, 0) is 14.3 Å². The molecule has 2 amide bonds. The van der Waals surface area contributed by atoms with Gasteiger partial charge in [-0.1, -0.05) is 30.0 Å². The van der Waals surface area contributed by atoms with Crippen LogP contribution in [0.3, 0.4) is 0 Å². The SMILES string of the molecule is COCCCN1C(=O)/C(=C/c2c(N3CCC(C(N)=O)CC3)nc3ccccn3c2=O)SC1=S. The molecule has 0 unspecified atom stereocenters. The Kier molecular flexibility index (Phi) is 7.11. The van der Waals surface area contributed by atoms with E-state index in [-0.39, 0.29) is 23.3 Å². The second kappa shape index (κ2) is 10.0. The number of carbonyl (C=O) groups excluding carboxylic acids is 2. The van der Waals surface area contributed by atoms with E-state index in [0.717, 1.165) is 0 Å². The molecule has 2 aliphatic heterocycles. The highest BCUT2D eigenvalue weighted by Crippen LogP contribution is 2.34. The van der Waals surface area contributed by atoms with Crippen LogP contribution < -0.4 is 16.2 Å². The summed E-state index contributed by atoms with van der Waals surface area (Å²) in [6.45, 7) is 2.07. The van der Waals surface area contributed by atoms with Gasteiger partial charge in [-0.15, -0.1) is 0 Å². The minimum atomic E-state index is -0.307. The van der Waals surface area contributed by atoms with Gasteiger partial charge in [-0.25, -0.2) is 4.98 Å². The number of nitrogens with two attached hydrogens (primary N) is 1. The van der Waals surface area contributed by atoms with Crippen LogP contribution in [0, 0.1) is 5.92 Å². The third kappa shape index (κ3) is 4.80. The van der Waals surface area contributed by atoms with Crippen LogP contribution in [0.25, 0.3) is 11.7 Å². The lowest BCUT2D eigenvalue weighted by atomic mass is 9.96. The number of thioether (sulfide) groups is 1. The molecule has 0 bridgehead atoms. The van der Waals surface area contributed by atoms with E-state index in [1.807, 2.05) is 11.0 Å². The number of thiocarbonyl (C=S) groups is 1. The third-order valence-electron chi connectivity index (χ3n) is 5.82. The molecule has 2 saturated heterocycles. The van der Waals surface area contributed by atoms with Gasteiger partial charge in [-0.3, -0.25) is 23.7 Å². The quantitative estimate of drug-likeness (QED) is 0.357. The lowest BCUT2D eigenvalue weighted by Gasteiger charge is -2.32. The van der Waals surface area contributed by atoms with E-state index in [9.17, 15) is 14.4 Å². The minimum absolute atomic E-state index is 0.186. The molecule has 0 aliphatic carbocycles. The largest absolute Gasteiger partial charge is 0.385 e. The van der Waals surface area contributed by atoms with Crippen molar-refractivity contribution in [1.82, 2.24) is 14.3 Å². The van der Waals surface area contributed by atoms with Gasteiger partial charge in [0.05, 0.1) is 10.5 Å². The van der Waals surface area contributed by atoms with Crippen LogP contribution in [0.2, 0.25) is 0 Å². The highest BCUT2D eigenvalue weighted by atomic mass is 32.2. The lowest BCUT2D eigenvalue weighted by molar-refractivity contribution is -0.123. The summed E-state index contributed by atoms with van der Waals surface area (Å²) in [7, 11) is 1.61. The lowest BCUT2D eigenvalue weighted by Crippen LogP contribution is -2.40. The molecule has 0 aromatic carbocycles. The predicted octanol–water partition coefficient (Wildman–Crippen LogP) is 1.63. The monoisotopic (exact) mass is 487 g/mol. The number of hydrogen-bond donors (Lipinski definition) is 1. The number of pyridine rings is 1. The Morgan fingerprint density at radius 1 is 1.33 bits per heavy atom. The normalized spacial score (nSPS) is 18.6. The minimum Gasteiger partial charge on any atom is -0.385 e. The van der Waals surface area contributed by atoms with Gasteiger partial charge < -0.3 is 15.4 Å². The highest BCUT2D eigenvalue weighted by Gasteiger charge is 2.33. The number of ether oxygens (including phenoxy) is 1. The fourth-order valence-electron chi connectivity index (χ4n) is 4.03. The zero-order chi connectivity index (χ0) is 23.5. The van der Waals surface area contributed by atoms with Gasteiger partial charge >= 0.3 is 0 Å². The number of methoxy groups -OCH3 is 1. The number of nitrogens with zero attached hydrogens (tertiary/aromatic N) is 4. The van der Waals surface area contributed by atoms with Crippen LogP contribution in [0.4, 0.5) is 5.82 Å². The van der Waals surface area contributed by atoms with E-state index in [0.29, 0.717) is 71.8 Å². The fraction of sp³-hybridized carbons (Fsp3) is 0.409. The Bertz CT molecular complexity index is 1190. The summed E-state index contributed by atoms with van der Waals surface area (Å²) >= 11 is 6.58. The average Bonchev–Trinajstić information content (AvgIpc) is 3.08. The Labute approximate surface area is 200 Å². The molecule has 2 aromatic rings. The summed E-state index contributed by atoms with van der Waals surface area (Å²) in [5, 5.41) is 0. The van der Waals surface area contributed by atoms with Crippen molar-refractivity contribution in [2.75, 3.05) is 38.3 Å². The number of amides is 2. The molecule has 2 fully saturated rings. The summed E-state index contributed by atoms with van der Waals surface area (Å²) in [6, 6.07) is 5.34. The van der Waals surface area contributed by atoms with Crippen molar-refractivity contribution in [1.29, 1.82) is 0 Å². The van der Waals surface area contributed by atoms with E-state index in [2.05, 4.69) is 0 Å². The number of rotatable bonds is 7. The van der Waals surface area contributed by atoms with Crippen LogP contribution in [-0.4, -0.2) is 63.8 Å². The Morgan fingerprint density at radius 3 is 2.79 bits per heavy atom. The van der Waals surface area contributed by atoms with Crippen molar-refractivity contribution in [3.63, 3.8) is 0 Å². The summed E-state index contributed by atoms with van der Waals surface area (Å²) in [5.74, 6) is -0.219. The standard InChI is InChI=1S/C22H25N5O4S2/c1-31-12-4-9-27-21(30)16(33-22(27)32)13-15-19(25-10-6-14(7-11-25)18(23)28)24-17-5-2-3-8-26(17)20(15)29/h2-3,5,8,13-14H,4,6-7,9-12H2,1H3,(H2,23,28)/b16-13-. The average molecular weight is 488 g/mol. The van der Waals surface area contributed by atoms with E-state index in [1.165, 1.54) is 21.1 Å². The van der Waals surface area contributed by atoms with E-state index >= 15 is 0 Å². The molecule has 11 heteroatoms. The first-order valence-corrected chi connectivity index (χ1v) is 11.9. The van der Waals surface area contributed by atoms with Crippen molar-refractivity contribution >= 4 is 57.7 Å². The summed E-state index contributed by atoms with van der Waals surface area (Å²) in [6.07, 6.45) is 5.09. The summed E-state index contributed by atoms with van der Waals surface area (Å²) < 4.78 is 6.99. The molecule has 4 rings (SSSR count). The van der Waals surface area contributed by atoms with Gasteiger partial charge in [0.2, 0.25) is 5.91 Å². The third-order valence-corrected chi connectivity index (χ3v) is 7.20. The van der Waals surface area contributed by atoms with Crippen molar-refractivity contribution in [3.8, 4) is 0 Å². The Morgan fingerprint density at radius 2 is 2.09 bits per heavy atom. The Hall–Kier alpha value is -2.76. The number of aromatic nitrogens is 2. The smallest absolute Gasteiger partial charge is 0.267 e. The number of piperidine rings is 1. The fourth-order valence-corrected chi connectivity index (χ4v) is 5.32. The van der Waals surface area contributed by atoms with Gasteiger partial charge in [-0.05, 0) is 37.5 Å². The maximum absolute atomic E-state index is 13.4. The van der Waals surface area contributed by atoms with Gasteiger partial charge in [0.15, 0.2) is 0 Å². The van der Waals surface area contributed by atoms with Crippen LogP contribution >= 0.6 is 24.0 Å². The second-order valence-corrected chi connectivity index (χ2v) is 9.60. The maximum atomic E-state index is 13.4. The van der Waals surface area contributed by atoms with E-state index in [4.69, 9.17) is 27.7 Å². The molecular weight excluding hydrogens is 462 g/mol. The molecule has 0 atom stereocenters. The molecule has 0 radical (unpaired) electrons. The van der Waals surface area contributed by atoms with Crippen molar-refractivity contribution in [3.05, 3.63) is 45.2 Å². The molecule has 2 N–H and O–H groups in total. The molecule has 33 heavy (non-hydrogen) atoms. The predicted molar refractivity (Wildman–Crippen MR) is 132 cm³/mol. The zero-order valence-corrected chi connectivity index (χ0v) is 19.9. The molecule has 9 nitrogen and oxygen atoms in total. The molecular formula is C22H25N5O4S2. The van der Waals surface area contributed by atoms with Crippen molar-refractivity contribution in [2.24, 2.45) is 11.7 Å². The number of anilines is 1. The second-order valence-electron chi connectivity index (χ2n) is 7.93. The number of carbonyl (C=O) groups is 2. The number of fused-ring (bicyclic) bond motifs is 1. The van der Waals surface area contributed by atoms with Crippen LogP contribution in [0.5, 0.6) is 0 Å². The molecule has 0 saturated carbocycles. The van der Waals surface area contributed by atoms with Crippen LogP contribution in [0.1, 0.15) is 24.8 Å². The number of primary amides is 1. The summed E-state index contributed by atoms with van der Waals surface area (Å²) in [4.78, 5) is 46.7. The molecule has 2 aromatic heterocycles. The first-order valence-electron chi connectivity index (χ1n) is 10.7. The van der Waals surface area contributed by atoms with Gasteiger partial charge in [0, 0.05) is 45.5 Å².